The predicted molar refractivity (Wildman–Crippen MR) is 93.5 cm³/mol. The molecule has 2 saturated carbocycles. The van der Waals surface area contributed by atoms with Gasteiger partial charge in [0.05, 0.1) is 5.56 Å². The molecule has 0 radical (unpaired) electrons. The topological polar surface area (TPSA) is 37.4 Å². The second-order valence-corrected chi connectivity index (χ2v) is 8.28. The Balaban J connectivity index is 1.31. The Labute approximate surface area is 152 Å². The molecule has 5 heteroatoms. The Bertz CT molecular complexity index is 712. The molecule has 1 aromatic carbocycles. The Morgan fingerprint density at radius 2 is 1.81 bits per heavy atom. The molecule has 3 unspecified atom stereocenters. The average Bonchev–Trinajstić information content (AvgIpc) is 3.26. The van der Waals surface area contributed by atoms with E-state index < -0.39 is 11.6 Å². The highest BCUT2D eigenvalue weighted by molar-refractivity contribution is 5.98. The summed E-state index contributed by atoms with van der Waals surface area (Å²) >= 11 is 0. The molecule has 3 aliphatic rings. The van der Waals surface area contributed by atoms with Gasteiger partial charge >= 0.3 is 0 Å². The molecule has 3 fully saturated rings. The van der Waals surface area contributed by atoms with E-state index in [0.717, 1.165) is 30.0 Å². The second kappa shape index (κ2) is 7.09. The van der Waals surface area contributed by atoms with E-state index in [-0.39, 0.29) is 23.2 Å². The lowest BCUT2D eigenvalue weighted by Crippen LogP contribution is -2.41. The van der Waals surface area contributed by atoms with E-state index in [1.54, 1.807) is 0 Å². The maximum Gasteiger partial charge on any atom is 0.222 e. The lowest BCUT2D eigenvalue weighted by Gasteiger charge is -2.33. The van der Waals surface area contributed by atoms with Crippen LogP contribution < -0.4 is 0 Å². The number of carbonyl (C=O) groups is 2. The van der Waals surface area contributed by atoms with Gasteiger partial charge in [0.25, 0.3) is 0 Å². The summed E-state index contributed by atoms with van der Waals surface area (Å²) in [6.07, 6.45) is 6.79. The first-order valence-electron chi connectivity index (χ1n) is 9.78. The van der Waals surface area contributed by atoms with Gasteiger partial charge in [-0.3, -0.25) is 9.59 Å². The normalized spacial score (nSPS) is 28.5. The SMILES string of the molecule is O=C(c1cc(F)ccc1F)C1CCN(C(=O)CC2CC3CCC2C3)CC1. The number of nitrogens with zero attached hydrogens (tertiary/aromatic N) is 1. The van der Waals surface area contributed by atoms with E-state index in [4.69, 9.17) is 0 Å². The number of ketones is 1. The summed E-state index contributed by atoms with van der Waals surface area (Å²) in [7, 11) is 0. The van der Waals surface area contributed by atoms with Crippen molar-refractivity contribution in [3.05, 3.63) is 35.4 Å². The van der Waals surface area contributed by atoms with E-state index in [9.17, 15) is 18.4 Å². The molecule has 0 N–H and O–H groups in total. The molecule has 2 bridgehead atoms. The minimum atomic E-state index is -0.675. The lowest BCUT2D eigenvalue weighted by atomic mass is 9.85. The van der Waals surface area contributed by atoms with Crippen LogP contribution in [0.5, 0.6) is 0 Å². The van der Waals surface area contributed by atoms with Crippen LogP contribution in [0.4, 0.5) is 8.78 Å². The molecule has 1 heterocycles. The van der Waals surface area contributed by atoms with Crippen LogP contribution in [0.25, 0.3) is 0 Å². The summed E-state index contributed by atoms with van der Waals surface area (Å²) in [5, 5.41) is 0. The highest BCUT2D eigenvalue weighted by Crippen LogP contribution is 2.49. The van der Waals surface area contributed by atoms with Crippen LogP contribution in [-0.2, 0) is 4.79 Å². The van der Waals surface area contributed by atoms with Gasteiger partial charge in [-0.25, -0.2) is 8.78 Å². The van der Waals surface area contributed by atoms with Gasteiger partial charge in [-0.05, 0) is 68.1 Å². The number of benzene rings is 1. The van der Waals surface area contributed by atoms with Gasteiger partial charge < -0.3 is 4.90 Å². The van der Waals surface area contributed by atoms with Gasteiger partial charge in [0, 0.05) is 25.4 Å². The Kier molecular flexibility index (Phi) is 4.80. The molecule has 3 nitrogen and oxygen atoms in total. The summed E-state index contributed by atoms with van der Waals surface area (Å²) in [5.74, 6) is 0.355. The fourth-order valence-electron chi connectivity index (χ4n) is 5.28. The van der Waals surface area contributed by atoms with E-state index in [1.165, 1.54) is 25.7 Å². The average molecular weight is 361 g/mol. The van der Waals surface area contributed by atoms with Crippen molar-refractivity contribution in [3.8, 4) is 0 Å². The molecule has 0 spiro atoms. The maximum atomic E-state index is 13.8. The molecule has 3 atom stereocenters. The third-order valence-corrected chi connectivity index (χ3v) is 6.73. The fraction of sp³-hybridized carbons (Fsp3) is 0.619. The van der Waals surface area contributed by atoms with Crippen LogP contribution in [0, 0.1) is 35.3 Å². The third kappa shape index (κ3) is 3.40. The Hall–Kier alpha value is -1.78. The highest BCUT2D eigenvalue weighted by Gasteiger charge is 2.41. The lowest BCUT2D eigenvalue weighted by molar-refractivity contribution is -0.133. The van der Waals surface area contributed by atoms with Crippen molar-refractivity contribution >= 4 is 11.7 Å². The smallest absolute Gasteiger partial charge is 0.222 e. The zero-order valence-corrected chi connectivity index (χ0v) is 14.9. The van der Waals surface area contributed by atoms with Crippen LogP contribution in [0.2, 0.25) is 0 Å². The largest absolute Gasteiger partial charge is 0.343 e. The molecule has 4 rings (SSSR count). The minimum absolute atomic E-state index is 0.170. The van der Waals surface area contributed by atoms with Gasteiger partial charge in [-0.2, -0.15) is 0 Å². The van der Waals surface area contributed by atoms with Crippen LogP contribution in [0.15, 0.2) is 18.2 Å². The number of amides is 1. The van der Waals surface area contributed by atoms with E-state index in [2.05, 4.69) is 0 Å². The molecular weight excluding hydrogens is 336 g/mol. The molecule has 1 saturated heterocycles. The Morgan fingerprint density at radius 3 is 2.46 bits per heavy atom. The molecule has 0 aromatic heterocycles. The fourth-order valence-corrected chi connectivity index (χ4v) is 5.28. The Morgan fingerprint density at radius 1 is 1.04 bits per heavy atom. The third-order valence-electron chi connectivity index (χ3n) is 6.73. The van der Waals surface area contributed by atoms with Gasteiger partial charge in [-0.1, -0.05) is 6.42 Å². The number of piperidine rings is 1. The maximum absolute atomic E-state index is 13.8. The summed E-state index contributed by atoms with van der Waals surface area (Å²) < 4.78 is 27.2. The number of halogens is 2. The van der Waals surface area contributed by atoms with Crippen LogP contribution >= 0.6 is 0 Å². The van der Waals surface area contributed by atoms with Crippen molar-refractivity contribution in [2.45, 2.75) is 44.9 Å². The van der Waals surface area contributed by atoms with E-state index in [1.807, 2.05) is 4.90 Å². The van der Waals surface area contributed by atoms with Crippen molar-refractivity contribution in [1.82, 2.24) is 4.90 Å². The van der Waals surface area contributed by atoms with Gasteiger partial charge in [0.1, 0.15) is 11.6 Å². The first-order chi connectivity index (χ1) is 12.5. The molecule has 26 heavy (non-hydrogen) atoms. The van der Waals surface area contributed by atoms with Crippen LogP contribution in [-0.4, -0.2) is 29.7 Å². The number of hydrogen-bond donors (Lipinski definition) is 0. The highest BCUT2D eigenvalue weighted by atomic mass is 19.1. The summed E-state index contributed by atoms with van der Waals surface area (Å²) in [6.45, 7) is 1.07. The standard InChI is InChI=1S/C21H25F2NO2/c22-17-3-4-19(23)18(12-17)21(26)14-5-7-24(8-6-14)20(25)11-16-10-13-1-2-15(16)9-13/h3-4,12-16H,1-2,5-11H2. The first kappa shape index (κ1) is 17.6. The van der Waals surface area contributed by atoms with E-state index >= 15 is 0 Å². The summed E-state index contributed by atoms with van der Waals surface area (Å²) in [6, 6.07) is 2.99. The number of carbonyl (C=O) groups excluding carboxylic acids is 2. The zero-order chi connectivity index (χ0) is 18.3. The van der Waals surface area contributed by atoms with Crippen LogP contribution in [0.1, 0.15) is 55.3 Å². The van der Waals surface area contributed by atoms with E-state index in [0.29, 0.717) is 38.3 Å². The summed E-state index contributed by atoms with van der Waals surface area (Å²) in [4.78, 5) is 27.0. The number of fused-ring (bicyclic) bond motifs is 2. The first-order valence-corrected chi connectivity index (χ1v) is 9.78. The number of hydrogen-bond acceptors (Lipinski definition) is 2. The predicted octanol–water partition coefficient (Wildman–Crippen LogP) is 4.21. The number of Topliss-reactive ketones (excluding diaryl/α,β-unsaturated/α-hetero) is 1. The van der Waals surface area contributed by atoms with Gasteiger partial charge in [0.15, 0.2) is 5.78 Å². The van der Waals surface area contributed by atoms with Crippen molar-refractivity contribution in [1.29, 1.82) is 0 Å². The van der Waals surface area contributed by atoms with Crippen molar-refractivity contribution in [2.75, 3.05) is 13.1 Å². The van der Waals surface area contributed by atoms with Crippen molar-refractivity contribution < 1.29 is 18.4 Å². The molecule has 2 aliphatic carbocycles. The van der Waals surface area contributed by atoms with Crippen LogP contribution in [0.3, 0.4) is 0 Å². The molecule has 1 aliphatic heterocycles. The summed E-state index contributed by atoms with van der Waals surface area (Å²) in [5.41, 5.74) is -0.170. The monoisotopic (exact) mass is 361 g/mol. The van der Waals surface area contributed by atoms with Gasteiger partial charge in [0.2, 0.25) is 5.91 Å². The number of likely N-dealkylation sites (tertiary alicyclic amines) is 1. The number of rotatable bonds is 4. The molecule has 140 valence electrons. The molecular formula is C21H25F2NO2. The zero-order valence-electron chi connectivity index (χ0n) is 14.9. The van der Waals surface area contributed by atoms with Crippen molar-refractivity contribution in [3.63, 3.8) is 0 Å². The minimum Gasteiger partial charge on any atom is -0.343 e. The van der Waals surface area contributed by atoms with Crippen molar-refractivity contribution in [2.24, 2.45) is 23.7 Å². The van der Waals surface area contributed by atoms with Gasteiger partial charge in [-0.15, -0.1) is 0 Å². The second-order valence-electron chi connectivity index (χ2n) is 8.28. The molecule has 1 aromatic rings. The quantitative estimate of drug-likeness (QED) is 0.753. The molecule has 1 amide bonds.